The second-order valence-corrected chi connectivity index (χ2v) is 6.74. The minimum Gasteiger partial charge on any atom is -0.343 e. The van der Waals surface area contributed by atoms with Gasteiger partial charge in [0.2, 0.25) is 5.91 Å². The first-order valence-electron chi connectivity index (χ1n) is 8.50. The highest BCUT2D eigenvalue weighted by molar-refractivity contribution is 5.77. The van der Waals surface area contributed by atoms with Crippen LogP contribution in [0.3, 0.4) is 0 Å². The van der Waals surface area contributed by atoms with E-state index in [4.69, 9.17) is 5.73 Å². The lowest BCUT2D eigenvalue weighted by Crippen LogP contribution is -2.50. The van der Waals surface area contributed by atoms with Crippen LogP contribution in [-0.4, -0.2) is 79.5 Å². The van der Waals surface area contributed by atoms with Crippen molar-refractivity contribution in [1.82, 2.24) is 14.7 Å². The molecule has 2 fully saturated rings. The summed E-state index contributed by atoms with van der Waals surface area (Å²) >= 11 is 0. The van der Waals surface area contributed by atoms with Gasteiger partial charge in [-0.25, -0.2) is 0 Å². The van der Waals surface area contributed by atoms with Crippen LogP contribution in [0.2, 0.25) is 0 Å². The molecule has 5 nitrogen and oxygen atoms in total. The molecule has 2 N–H and O–H groups in total. The molecule has 1 unspecified atom stereocenters. The molecule has 0 saturated carbocycles. The number of likely N-dealkylation sites (N-methyl/N-ethyl adjacent to an activating group) is 1. The zero-order valence-corrected chi connectivity index (χ0v) is 13.8. The van der Waals surface area contributed by atoms with Crippen LogP contribution in [0.25, 0.3) is 0 Å². The van der Waals surface area contributed by atoms with E-state index < -0.39 is 0 Å². The number of rotatable bonds is 5. The predicted octanol–water partition coefficient (Wildman–Crippen LogP) is 0.742. The highest BCUT2D eigenvalue weighted by Gasteiger charge is 2.28. The summed E-state index contributed by atoms with van der Waals surface area (Å²) in [5.41, 5.74) is 5.96. The Morgan fingerprint density at radius 1 is 1.19 bits per heavy atom. The summed E-state index contributed by atoms with van der Waals surface area (Å²) in [6.45, 7) is 4.74. The van der Waals surface area contributed by atoms with Gasteiger partial charge in [0, 0.05) is 38.1 Å². The summed E-state index contributed by atoms with van der Waals surface area (Å²) in [7, 11) is 4.33. The Bertz CT molecular complexity index is 322. The summed E-state index contributed by atoms with van der Waals surface area (Å²) in [6.07, 6.45) is 6.52. The predicted molar refractivity (Wildman–Crippen MR) is 86.2 cm³/mol. The summed E-state index contributed by atoms with van der Waals surface area (Å²) < 4.78 is 0. The molecular weight excluding hydrogens is 264 g/mol. The van der Waals surface area contributed by atoms with E-state index >= 15 is 0 Å². The lowest BCUT2D eigenvalue weighted by atomic mass is 10.0. The van der Waals surface area contributed by atoms with Crippen LogP contribution >= 0.6 is 0 Å². The topological polar surface area (TPSA) is 52.8 Å². The minimum absolute atomic E-state index is 0.188. The van der Waals surface area contributed by atoms with Crippen molar-refractivity contribution in [3.8, 4) is 0 Å². The molecule has 0 bridgehead atoms. The van der Waals surface area contributed by atoms with Crippen molar-refractivity contribution in [2.75, 3.05) is 46.8 Å². The van der Waals surface area contributed by atoms with Crippen LogP contribution in [0.4, 0.5) is 0 Å². The van der Waals surface area contributed by atoms with Gasteiger partial charge in [0.25, 0.3) is 0 Å². The van der Waals surface area contributed by atoms with Gasteiger partial charge in [0.15, 0.2) is 0 Å². The molecule has 2 saturated heterocycles. The van der Waals surface area contributed by atoms with Crippen LogP contribution < -0.4 is 5.73 Å². The molecule has 0 aromatic carbocycles. The Morgan fingerprint density at radius 2 is 1.81 bits per heavy atom. The molecule has 0 aliphatic carbocycles. The fourth-order valence-corrected chi connectivity index (χ4v) is 3.57. The second kappa shape index (κ2) is 8.11. The molecule has 1 atom stereocenters. The third-order valence-corrected chi connectivity index (χ3v) is 5.23. The number of nitrogens with zero attached hydrogens (tertiary/aromatic N) is 3. The first-order chi connectivity index (χ1) is 10.1. The van der Waals surface area contributed by atoms with E-state index in [9.17, 15) is 4.79 Å². The van der Waals surface area contributed by atoms with Gasteiger partial charge in [-0.3, -0.25) is 9.69 Å². The Morgan fingerprint density at radius 3 is 2.38 bits per heavy atom. The highest BCUT2D eigenvalue weighted by Crippen LogP contribution is 2.19. The number of piperidine rings is 2. The summed E-state index contributed by atoms with van der Waals surface area (Å²) in [5, 5.41) is 0. The molecule has 0 aromatic rings. The lowest BCUT2D eigenvalue weighted by molar-refractivity contribution is -0.133. The average Bonchev–Trinajstić information content (AvgIpc) is 2.53. The quantitative estimate of drug-likeness (QED) is 0.813. The van der Waals surface area contributed by atoms with Crippen LogP contribution in [0, 0.1) is 0 Å². The maximum Gasteiger partial charge on any atom is 0.224 e. The lowest BCUT2D eigenvalue weighted by Gasteiger charge is -2.39. The standard InChI is InChI=1S/C16H32N4O/c1-18-10-6-14(7-11-18)19(2)15(13-17)12-16(21)20-8-4-3-5-9-20/h14-15H,3-13,17H2,1-2H3. The van der Waals surface area contributed by atoms with E-state index in [0.29, 0.717) is 24.9 Å². The van der Waals surface area contributed by atoms with Gasteiger partial charge in [0.1, 0.15) is 0 Å². The van der Waals surface area contributed by atoms with Crippen molar-refractivity contribution in [2.45, 2.75) is 50.6 Å². The maximum absolute atomic E-state index is 12.4. The largest absolute Gasteiger partial charge is 0.343 e. The molecule has 0 spiro atoms. The molecule has 1 amide bonds. The molecule has 2 aliphatic heterocycles. The average molecular weight is 296 g/mol. The number of carbonyl (C=O) groups is 1. The van der Waals surface area contributed by atoms with E-state index in [-0.39, 0.29) is 6.04 Å². The number of likely N-dealkylation sites (tertiary alicyclic amines) is 2. The van der Waals surface area contributed by atoms with Crippen molar-refractivity contribution >= 4 is 5.91 Å². The Hall–Kier alpha value is -0.650. The SMILES string of the molecule is CN1CCC(N(C)C(CN)CC(=O)N2CCCCC2)CC1. The fourth-order valence-electron chi connectivity index (χ4n) is 3.57. The molecule has 2 aliphatic rings. The number of amides is 1. The molecule has 122 valence electrons. The summed E-state index contributed by atoms with van der Waals surface area (Å²) in [5.74, 6) is 0.296. The van der Waals surface area contributed by atoms with Crippen LogP contribution in [0.1, 0.15) is 38.5 Å². The van der Waals surface area contributed by atoms with E-state index in [0.717, 1.165) is 39.0 Å². The van der Waals surface area contributed by atoms with Gasteiger partial charge in [-0.2, -0.15) is 0 Å². The Labute approximate surface area is 129 Å². The first kappa shape index (κ1) is 16.7. The normalized spacial score (nSPS) is 23.5. The van der Waals surface area contributed by atoms with Gasteiger partial charge >= 0.3 is 0 Å². The third kappa shape index (κ3) is 4.66. The number of hydrogen-bond acceptors (Lipinski definition) is 4. The zero-order chi connectivity index (χ0) is 15.2. The van der Waals surface area contributed by atoms with Crippen molar-refractivity contribution in [3.05, 3.63) is 0 Å². The first-order valence-corrected chi connectivity index (χ1v) is 8.50. The molecular formula is C16H32N4O. The van der Waals surface area contributed by atoms with Crippen LogP contribution in [-0.2, 0) is 4.79 Å². The smallest absolute Gasteiger partial charge is 0.224 e. The molecule has 21 heavy (non-hydrogen) atoms. The van der Waals surface area contributed by atoms with Gasteiger partial charge < -0.3 is 15.5 Å². The van der Waals surface area contributed by atoms with Gasteiger partial charge in [-0.15, -0.1) is 0 Å². The van der Waals surface area contributed by atoms with Gasteiger partial charge in [-0.1, -0.05) is 0 Å². The number of nitrogens with two attached hydrogens (primary N) is 1. The van der Waals surface area contributed by atoms with Crippen LogP contribution in [0.5, 0.6) is 0 Å². The fraction of sp³-hybridized carbons (Fsp3) is 0.938. The third-order valence-electron chi connectivity index (χ3n) is 5.23. The minimum atomic E-state index is 0.188. The molecule has 0 radical (unpaired) electrons. The van der Waals surface area contributed by atoms with Gasteiger partial charge in [0.05, 0.1) is 0 Å². The van der Waals surface area contributed by atoms with E-state index in [2.05, 4.69) is 23.9 Å². The van der Waals surface area contributed by atoms with Crippen LogP contribution in [0.15, 0.2) is 0 Å². The number of hydrogen-bond donors (Lipinski definition) is 1. The molecule has 5 heteroatoms. The summed E-state index contributed by atoms with van der Waals surface area (Å²) in [6, 6.07) is 0.761. The maximum atomic E-state index is 12.4. The second-order valence-electron chi connectivity index (χ2n) is 6.74. The molecule has 2 rings (SSSR count). The molecule has 2 heterocycles. The highest BCUT2D eigenvalue weighted by atomic mass is 16.2. The van der Waals surface area contributed by atoms with E-state index in [1.54, 1.807) is 0 Å². The Balaban J connectivity index is 1.84. The van der Waals surface area contributed by atoms with Crippen molar-refractivity contribution in [1.29, 1.82) is 0 Å². The monoisotopic (exact) mass is 296 g/mol. The van der Waals surface area contributed by atoms with Crippen molar-refractivity contribution in [2.24, 2.45) is 5.73 Å². The molecule has 0 aromatic heterocycles. The van der Waals surface area contributed by atoms with Crippen molar-refractivity contribution < 1.29 is 4.79 Å². The zero-order valence-electron chi connectivity index (χ0n) is 13.8. The van der Waals surface area contributed by atoms with Crippen molar-refractivity contribution in [3.63, 3.8) is 0 Å². The summed E-state index contributed by atoms with van der Waals surface area (Å²) in [4.78, 5) is 19.2. The van der Waals surface area contributed by atoms with Gasteiger partial charge in [-0.05, 0) is 59.3 Å². The number of carbonyl (C=O) groups excluding carboxylic acids is 1. The Kier molecular flexibility index (Phi) is 6.45. The van der Waals surface area contributed by atoms with E-state index in [1.807, 2.05) is 4.90 Å². The van der Waals surface area contributed by atoms with E-state index in [1.165, 1.54) is 19.3 Å².